The fourth-order valence-corrected chi connectivity index (χ4v) is 3.41. The molecule has 1 aliphatic rings. The van der Waals surface area contributed by atoms with Crippen LogP contribution in [0.4, 0.5) is 5.13 Å². The summed E-state index contributed by atoms with van der Waals surface area (Å²) in [6.45, 7) is 9.96. The minimum absolute atomic E-state index is 0.646. The number of nitrogens with one attached hydrogen (secondary N) is 1. The number of aromatic nitrogens is 1. The zero-order chi connectivity index (χ0) is 12.3. The molecule has 1 saturated heterocycles. The summed E-state index contributed by atoms with van der Waals surface area (Å²) in [5.41, 5.74) is 1.19. The lowest BCUT2D eigenvalue weighted by Gasteiger charge is -2.19. The van der Waals surface area contributed by atoms with E-state index in [1.54, 1.807) is 11.3 Å². The molecule has 1 aliphatic heterocycles. The minimum atomic E-state index is 0.646. The van der Waals surface area contributed by atoms with Gasteiger partial charge >= 0.3 is 0 Å². The first kappa shape index (κ1) is 12.8. The van der Waals surface area contributed by atoms with Crippen LogP contribution in [0, 0.1) is 5.92 Å². The number of rotatable bonds is 5. The van der Waals surface area contributed by atoms with Gasteiger partial charge in [0.25, 0.3) is 0 Å². The van der Waals surface area contributed by atoms with Crippen molar-refractivity contribution >= 4 is 16.5 Å². The van der Waals surface area contributed by atoms with Gasteiger partial charge < -0.3 is 10.2 Å². The van der Waals surface area contributed by atoms with Crippen LogP contribution in [0.3, 0.4) is 0 Å². The first-order chi connectivity index (χ1) is 8.20. The zero-order valence-electron chi connectivity index (χ0n) is 11.1. The molecule has 96 valence electrons. The average molecular weight is 253 g/mol. The topological polar surface area (TPSA) is 28.2 Å². The Labute approximate surface area is 108 Å². The number of thiazole rings is 1. The highest BCUT2D eigenvalue weighted by atomic mass is 32.1. The molecule has 1 N–H and O–H groups in total. The van der Waals surface area contributed by atoms with Crippen molar-refractivity contribution in [3.05, 3.63) is 11.1 Å². The van der Waals surface area contributed by atoms with E-state index in [1.165, 1.54) is 23.7 Å². The first-order valence-corrected chi connectivity index (χ1v) is 7.50. The third-order valence-electron chi connectivity index (χ3n) is 3.30. The molecule has 17 heavy (non-hydrogen) atoms. The van der Waals surface area contributed by atoms with Crippen molar-refractivity contribution in [1.82, 2.24) is 10.3 Å². The van der Waals surface area contributed by atoms with Gasteiger partial charge in [-0.1, -0.05) is 13.8 Å². The summed E-state index contributed by atoms with van der Waals surface area (Å²) < 4.78 is 0. The van der Waals surface area contributed by atoms with E-state index in [2.05, 4.69) is 36.4 Å². The highest BCUT2D eigenvalue weighted by molar-refractivity contribution is 7.13. The molecular formula is C13H23N3S. The lowest BCUT2D eigenvalue weighted by atomic mass is 10.1. The molecule has 2 atom stereocenters. The van der Waals surface area contributed by atoms with Crippen LogP contribution >= 0.6 is 11.3 Å². The maximum atomic E-state index is 4.73. The standard InChI is InChI=1S/C13H23N3S/c1-4-5-14-7-12-9-17-13(15-12)16-8-10(2)6-11(16)3/h9-11,14H,4-8H2,1-3H3. The second kappa shape index (κ2) is 5.83. The summed E-state index contributed by atoms with van der Waals surface area (Å²) >= 11 is 1.79. The first-order valence-electron chi connectivity index (χ1n) is 6.62. The molecule has 0 aliphatic carbocycles. The minimum Gasteiger partial charge on any atom is -0.345 e. The van der Waals surface area contributed by atoms with E-state index in [9.17, 15) is 0 Å². The molecule has 0 amide bonds. The lowest BCUT2D eigenvalue weighted by Crippen LogP contribution is -2.26. The predicted octanol–water partition coefficient (Wildman–Crippen LogP) is 2.88. The van der Waals surface area contributed by atoms with Gasteiger partial charge in [0, 0.05) is 24.5 Å². The largest absolute Gasteiger partial charge is 0.345 e. The lowest BCUT2D eigenvalue weighted by molar-refractivity contribution is 0.625. The van der Waals surface area contributed by atoms with Gasteiger partial charge in [0.2, 0.25) is 0 Å². The van der Waals surface area contributed by atoms with E-state index < -0.39 is 0 Å². The van der Waals surface area contributed by atoms with Crippen molar-refractivity contribution in [3.8, 4) is 0 Å². The third-order valence-corrected chi connectivity index (χ3v) is 4.23. The monoisotopic (exact) mass is 253 g/mol. The highest BCUT2D eigenvalue weighted by Crippen LogP contribution is 2.30. The molecule has 2 heterocycles. The molecule has 1 fully saturated rings. The van der Waals surface area contributed by atoms with Crippen LogP contribution in [0.1, 0.15) is 39.3 Å². The Morgan fingerprint density at radius 3 is 3.00 bits per heavy atom. The summed E-state index contributed by atoms with van der Waals surface area (Å²) in [5.74, 6) is 0.801. The maximum Gasteiger partial charge on any atom is 0.185 e. The van der Waals surface area contributed by atoms with Gasteiger partial charge in [-0.15, -0.1) is 11.3 Å². The van der Waals surface area contributed by atoms with Crippen LogP contribution in [0.5, 0.6) is 0 Å². The summed E-state index contributed by atoms with van der Waals surface area (Å²) in [6.07, 6.45) is 2.47. The molecular weight excluding hydrogens is 230 g/mol. The molecule has 0 radical (unpaired) electrons. The smallest absolute Gasteiger partial charge is 0.185 e. The van der Waals surface area contributed by atoms with Gasteiger partial charge in [0.15, 0.2) is 5.13 Å². The van der Waals surface area contributed by atoms with E-state index >= 15 is 0 Å². The zero-order valence-corrected chi connectivity index (χ0v) is 11.9. The van der Waals surface area contributed by atoms with Crippen LogP contribution in [0.2, 0.25) is 0 Å². The van der Waals surface area contributed by atoms with Crippen molar-refractivity contribution in [2.75, 3.05) is 18.0 Å². The van der Waals surface area contributed by atoms with Crippen LogP contribution in [0.15, 0.2) is 5.38 Å². The number of anilines is 1. The Kier molecular flexibility index (Phi) is 4.40. The number of nitrogens with zero attached hydrogens (tertiary/aromatic N) is 2. The van der Waals surface area contributed by atoms with E-state index in [0.29, 0.717) is 6.04 Å². The second-order valence-electron chi connectivity index (χ2n) is 5.14. The Bertz CT molecular complexity index is 350. The Hall–Kier alpha value is -0.610. The Morgan fingerprint density at radius 2 is 2.35 bits per heavy atom. The molecule has 2 unspecified atom stereocenters. The van der Waals surface area contributed by atoms with Gasteiger partial charge in [-0.05, 0) is 32.2 Å². The molecule has 0 saturated carbocycles. The van der Waals surface area contributed by atoms with Gasteiger partial charge in [0.05, 0.1) is 5.69 Å². The Morgan fingerprint density at radius 1 is 1.53 bits per heavy atom. The number of hydrogen-bond donors (Lipinski definition) is 1. The van der Waals surface area contributed by atoms with Crippen molar-refractivity contribution in [2.24, 2.45) is 5.92 Å². The van der Waals surface area contributed by atoms with E-state index in [1.807, 2.05) is 0 Å². The van der Waals surface area contributed by atoms with Crippen LogP contribution < -0.4 is 10.2 Å². The van der Waals surface area contributed by atoms with E-state index in [4.69, 9.17) is 4.98 Å². The summed E-state index contributed by atoms with van der Waals surface area (Å²) in [5, 5.41) is 6.79. The summed E-state index contributed by atoms with van der Waals surface area (Å²) in [6, 6.07) is 0.646. The fraction of sp³-hybridized carbons (Fsp3) is 0.769. The maximum absolute atomic E-state index is 4.73. The van der Waals surface area contributed by atoms with Gasteiger partial charge in [-0.2, -0.15) is 0 Å². The summed E-state index contributed by atoms with van der Waals surface area (Å²) in [7, 11) is 0. The van der Waals surface area contributed by atoms with E-state index in [0.717, 1.165) is 25.6 Å². The van der Waals surface area contributed by atoms with Crippen molar-refractivity contribution in [2.45, 2.75) is 46.2 Å². The molecule has 0 bridgehead atoms. The van der Waals surface area contributed by atoms with E-state index in [-0.39, 0.29) is 0 Å². The van der Waals surface area contributed by atoms with Crippen LogP contribution in [0.25, 0.3) is 0 Å². The van der Waals surface area contributed by atoms with Crippen molar-refractivity contribution < 1.29 is 0 Å². The van der Waals surface area contributed by atoms with Crippen LogP contribution in [-0.2, 0) is 6.54 Å². The predicted molar refractivity (Wildman–Crippen MR) is 74.7 cm³/mol. The quantitative estimate of drug-likeness (QED) is 0.818. The van der Waals surface area contributed by atoms with Crippen LogP contribution in [-0.4, -0.2) is 24.1 Å². The SMILES string of the molecule is CCCNCc1csc(N2CC(C)CC2C)n1. The summed E-state index contributed by atoms with van der Waals surface area (Å²) in [4.78, 5) is 7.19. The fourth-order valence-electron chi connectivity index (χ4n) is 2.47. The normalized spacial score (nSPS) is 24.5. The van der Waals surface area contributed by atoms with Gasteiger partial charge in [0.1, 0.15) is 0 Å². The highest BCUT2D eigenvalue weighted by Gasteiger charge is 2.27. The second-order valence-corrected chi connectivity index (χ2v) is 5.98. The molecule has 2 rings (SSSR count). The Balaban J connectivity index is 1.93. The molecule has 1 aromatic heterocycles. The number of hydrogen-bond acceptors (Lipinski definition) is 4. The third kappa shape index (κ3) is 3.19. The van der Waals surface area contributed by atoms with Crippen molar-refractivity contribution in [1.29, 1.82) is 0 Å². The molecule has 0 aromatic carbocycles. The van der Waals surface area contributed by atoms with Gasteiger partial charge in [-0.3, -0.25) is 0 Å². The molecule has 1 aromatic rings. The molecule has 4 heteroatoms. The van der Waals surface area contributed by atoms with Gasteiger partial charge in [-0.25, -0.2) is 4.98 Å². The molecule has 3 nitrogen and oxygen atoms in total. The average Bonchev–Trinajstić information content (AvgIpc) is 2.86. The molecule has 0 spiro atoms. The van der Waals surface area contributed by atoms with Crippen molar-refractivity contribution in [3.63, 3.8) is 0 Å².